The van der Waals surface area contributed by atoms with Crippen molar-refractivity contribution in [3.63, 3.8) is 0 Å². The van der Waals surface area contributed by atoms with Gasteiger partial charge in [-0.3, -0.25) is 9.69 Å². The minimum absolute atomic E-state index is 0.0626. The number of hydrogen-bond donors (Lipinski definition) is 2. The van der Waals surface area contributed by atoms with Crippen LogP contribution in [0, 0.1) is 0 Å². The van der Waals surface area contributed by atoms with E-state index in [1.807, 2.05) is 16.8 Å². The predicted molar refractivity (Wildman–Crippen MR) is 75.4 cm³/mol. The van der Waals surface area contributed by atoms with Crippen molar-refractivity contribution in [1.82, 2.24) is 10.2 Å². The van der Waals surface area contributed by atoms with Crippen LogP contribution in [0.1, 0.15) is 36.0 Å². The summed E-state index contributed by atoms with van der Waals surface area (Å²) in [5.41, 5.74) is 0.696. The van der Waals surface area contributed by atoms with E-state index in [-0.39, 0.29) is 18.0 Å². The molecule has 2 N–H and O–H groups in total. The molecular weight excluding hydrogens is 260 g/mol. The molecule has 0 unspecified atom stereocenters. The molecule has 1 aromatic heterocycles. The lowest BCUT2D eigenvalue weighted by molar-refractivity contribution is 0.0619. The molecule has 3 rings (SSSR count). The van der Waals surface area contributed by atoms with E-state index in [1.54, 1.807) is 0 Å². The van der Waals surface area contributed by atoms with Gasteiger partial charge in [-0.15, -0.1) is 0 Å². The van der Waals surface area contributed by atoms with Gasteiger partial charge in [-0.1, -0.05) is 0 Å². The molecule has 3 atom stereocenters. The number of aliphatic hydroxyl groups excluding tert-OH is 1. The van der Waals surface area contributed by atoms with Crippen LogP contribution >= 0.6 is 11.3 Å². The number of carbonyl (C=O) groups excluding carboxylic acids is 1. The average molecular weight is 280 g/mol. The van der Waals surface area contributed by atoms with E-state index >= 15 is 0 Å². The van der Waals surface area contributed by atoms with Gasteiger partial charge in [-0.25, -0.2) is 0 Å². The Morgan fingerprint density at radius 1 is 1.37 bits per heavy atom. The number of aliphatic hydroxyl groups is 1. The Morgan fingerprint density at radius 3 is 2.84 bits per heavy atom. The number of rotatable bonds is 3. The predicted octanol–water partition coefficient (Wildman–Crippen LogP) is 1.47. The van der Waals surface area contributed by atoms with Crippen molar-refractivity contribution in [3.8, 4) is 0 Å². The lowest BCUT2D eigenvalue weighted by Crippen LogP contribution is -2.47. The van der Waals surface area contributed by atoms with Crippen LogP contribution in [0.15, 0.2) is 16.8 Å². The van der Waals surface area contributed by atoms with Crippen LogP contribution in [0.3, 0.4) is 0 Å². The third-order valence-corrected chi connectivity index (χ3v) is 4.97. The molecule has 1 aromatic rings. The molecule has 2 aliphatic rings. The fourth-order valence-electron chi connectivity index (χ4n) is 3.23. The second kappa shape index (κ2) is 5.61. The van der Waals surface area contributed by atoms with Crippen molar-refractivity contribution in [2.75, 3.05) is 13.1 Å². The minimum atomic E-state index is -0.430. The van der Waals surface area contributed by atoms with E-state index in [0.29, 0.717) is 5.56 Å². The Morgan fingerprint density at radius 2 is 2.16 bits per heavy atom. The topological polar surface area (TPSA) is 52.6 Å². The van der Waals surface area contributed by atoms with Gasteiger partial charge in [0.2, 0.25) is 0 Å². The fraction of sp³-hybridized carbons (Fsp3) is 0.643. The molecule has 0 radical (unpaired) electrons. The maximum atomic E-state index is 12.0. The first-order valence-electron chi connectivity index (χ1n) is 7.01. The standard InChI is InChI=1S/C14H20N2O2S/c17-13-11(15-14(18)10-5-8-19-9-10)3-4-12(13)16-6-1-2-7-16/h5,8-9,11-13,17H,1-4,6-7H2,(H,15,18)/t11-,12-,13-/m1/s1. The average Bonchev–Trinajstić information content (AvgIpc) is 3.11. The van der Waals surface area contributed by atoms with E-state index in [2.05, 4.69) is 10.2 Å². The number of nitrogens with zero attached hydrogens (tertiary/aromatic N) is 1. The summed E-state index contributed by atoms with van der Waals surface area (Å²) in [6.07, 6.45) is 3.89. The summed E-state index contributed by atoms with van der Waals surface area (Å²) in [5, 5.41) is 17.1. The molecule has 4 nitrogen and oxygen atoms in total. The third-order valence-electron chi connectivity index (χ3n) is 4.29. The fourth-order valence-corrected chi connectivity index (χ4v) is 3.87. The summed E-state index contributed by atoms with van der Waals surface area (Å²) in [4.78, 5) is 14.4. The van der Waals surface area contributed by atoms with Crippen molar-refractivity contribution >= 4 is 17.2 Å². The van der Waals surface area contributed by atoms with Crippen LogP contribution in [0.2, 0.25) is 0 Å². The van der Waals surface area contributed by atoms with Gasteiger partial charge >= 0.3 is 0 Å². The molecule has 19 heavy (non-hydrogen) atoms. The minimum Gasteiger partial charge on any atom is -0.389 e. The quantitative estimate of drug-likeness (QED) is 0.881. The molecule has 1 saturated carbocycles. The normalized spacial score (nSPS) is 31.7. The van der Waals surface area contributed by atoms with Gasteiger partial charge in [0.25, 0.3) is 5.91 Å². The van der Waals surface area contributed by atoms with Crippen molar-refractivity contribution in [1.29, 1.82) is 0 Å². The molecule has 2 heterocycles. The molecule has 0 bridgehead atoms. The van der Waals surface area contributed by atoms with E-state index in [1.165, 1.54) is 24.2 Å². The maximum absolute atomic E-state index is 12.0. The first-order chi connectivity index (χ1) is 9.25. The SMILES string of the molecule is O=C(N[C@@H]1CC[C@@H](N2CCCC2)[C@@H]1O)c1ccsc1. The van der Waals surface area contributed by atoms with Gasteiger partial charge in [0, 0.05) is 17.0 Å². The number of carbonyl (C=O) groups is 1. The molecule has 0 aromatic carbocycles. The van der Waals surface area contributed by atoms with E-state index in [9.17, 15) is 9.90 Å². The Bertz CT molecular complexity index is 429. The highest BCUT2D eigenvalue weighted by Gasteiger charge is 2.39. The molecule has 1 aliphatic heterocycles. The highest BCUT2D eigenvalue weighted by Crippen LogP contribution is 2.27. The molecular formula is C14H20N2O2S. The van der Waals surface area contributed by atoms with Gasteiger partial charge in [-0.05, 0) is 50.2 Å². The Labute approximate surface area is 117 Å². The number of likely N-dealkylation sites (tertiary alicyclic amines) is 1. The summed E-state index contributed by atoms with van der Waals surface area (Å²) >= 11 is 1.52. The van der Waals surface area contributed by atoms with Crippen LogP contribution in [0.5, 0.6) is 0 Å². The van der Waals surface area contributed by atoms with Gasteiger partial charge < -0.3 is 10.4 Å². The molecule has 0 spiro atoms. The number of thiophene rings is 1. The van der Waals surface area contributed by atoms with E-state index in [0.717, 1.165) is 25.9 Å². The molecule has 1 saturated heterocycles. The summed E-state index contributed by atoms with van der Waals surface area (Å²) in [6, 6.07) is 1.95. The van der Waals surface area contributed by atoms with Crippen LogP contribution in [0.25, 0.3) is 0 Å². The number of hydrogen-bond acceptors (Lipinski definition) is 4. The van der Waals surface area contributed by atoms with Gasteiger partial charge in [0.1, 0.15) is 0 Å². The van der Waals surface area contributed by atoms with Crippen LogP contribution < -0.4 is 5.32 Å². The van der Waals surface area contributed by atoms with Crippen LogP contribution in [-0.4, -0.2) is 47.2 Å². The second-order valence-corrected chi connectivity index (χ2v) is 6.25. The summed E-state index contributed by atoms with van der Waals surface area (Å²) in [7, 11) is 0. The maximum Gasteiger partial charge on any atom is 0.252 e. The summed E-state index contributed by atoms with van der Waals surface area (Å²) in [5.74, 6) is -0.0626. The zero-order valence-electron chi connectivity index (χ0n) is 10.9. The molecule has 2 fully saturated rings. The highest BCUT2D eigenvalue weighted by atomic mass is 32.1. The molecule has 5 heteroatoms. The number of nitrogens with one attached hydrogen (secondary N) is 1. The Kier molecular flexibility index (Phi) is 3.86. The van der Waals surface area contributed by atoms with Crippen molar-refractivity contribution < 1.29 is 9.90 Å². The van der Waals surface area contributed by atoms with Crippen molar-refractivity contribution in [2.45, 2.75) is 43.9 Å². The third kappa shape index (κ3) is 2.68. The molecule has 1 amide bonds. The largest absolute Gasteiger partial charge is 0.389 e. The van der Waals surface area contributed by atoms with Crippen molar-refractivity contribution in [2.24, 2.45) is 0 Å². The first kappa shape index (κ1) is 13.1. The summed E-state index contributed by atoms with van der Waals surface area (Å²) < 4.78 is 0. The molecule has 104 valence electrons. The second-order valence-electron chi connectivity index (χ2n) is 5.47. The monoisotopic (exact) mass is 280 g/mol. The smallest absolute Gasteiger partial charge is 0.252 e. The van der Waals surface area contributed by atoms with Gasteiger partial charge in [0.05, 0.1) is 12.1 Å². The van der Waals surface area contributed by atoms with E-state index < -0.39 is 6.10 Å². The van der Waals surface area contributed by atoms with E-state index in [4.69, 9.17) is 0 Å². The molecule has 1 aliphatic carbocycles. The van der Waals surface area contributed by atoms with Crippen molar-refractivity contribution in [3.05, 3.63) is 22.4 Å². The van der Waals surface area contributed by atoms with Gasteiger partial charge in [0.15, 0.2) is 0 Å². The zero-order chi connectivity index (χ0) is 13.2. The lowest BCUT2D eigenvalue weighted by atomic mass is 10.1. The number of amides is 1. The highest BCUT2D eigenvalue weighted by molar-refractivity contribution is 7.08. The first-order valence-corrected chi connectivity index (χ1v) is 7.95. The van der Waals surface area contributed by atoms with Crippen LogP contribution in [0.4, 0.5) is 0 Å². The summed E-state index contributed by atoms with van der Waals surface area (Å²) in [6.45, 7) is 2.18. The lowest BCUT2D eigenvalue weighted by Gasteiger charge is -2.28. The Balaban J connectivity index is 1.59. The zero-order valence-corrected chi connectivity index (χ0v) is 11.7. The Hall–Kier alpha value is -0.910. The van der Waals surface area contributed by atoms with Crippen LogP contribution in [-0.2, 0) is 0 Å². The van der Waals surface area contributed by atoms with Gasteiger partial charge in [-0.2, -0.15) is 11.3 Å².